The summed E-state index contributed by atoms with van der Waals surface area (Å²) in [5.74, 6) is 0. The van der Waals surface area contributed by atoms with Gasteiger partial charge >= 0.3 is 0 Å². The molecule has 1 aliphatic rings. The van der Waals surface area contributed by atoms with Gasteiger partial charge < -0.3 is 23.1 Å². The van der Waals surface area contributed by atoms with Crippen molar-refractivity contribution >= 4 is 25.0 Å². The zero-order valence-corrected chi connectivity index (χ0v) is 27.7. The second-order valence-electron chi connectivity index (χ2n) is 14.6. The highest BCUT2D eigenvalue weighted by Gasteiger charge is 2.55. The molecule has 1 rings (SSSR count). The molecule has 0 aromatic heterocycles. The molecule has 1 saturated heterocycles. The first-order chi connectivity index (χ1) is 14.3. The van der Waals surface area contributed by atoms with Crippen LogP contribution in [0.2, 0.25) is 54.4 Å². The van der Waals surface area contributed by atoms with Gasteiger partial charge in [-0.25, -0.2) is 0 Å². The summed E-state index contributed by atoms with van der Waals surface area (Å²) in [7, 11) is -5.98. The van der Waals surface area contributed by atoms with E-state index >= 15 is 0 Å². The summed E-state index contributed by atoms with van der Waals surface area (Å²) in [4.78, 5) is 0. The van der Waals surface area contributed by atoms with Gasteiger partial charge in [-0.3, -0.25) is 0 Å². The Bertz CT molecular complexity index is 644. The first kappa shape index (κ1) is 31.5. The molecule has 1 fully saturated rings. The van der Waals surface area contributed by atoms with Crippen LogP contribution >= 0.6 is 0 Å². The third kappa shape index (κ3) is 7.97. The van der Waals surface area contributed by atoms with Crippen LogP contribution in [0.25, 0.3) is 0 Å². The summed E-state index contributed by atoms with van der Waals surface area (Å²) in [6.07, 6.45) is -1.40. The summed E-state index contributed by atoms with van der Waals surface area (Å²) in [5.41, 5.74) is 0. The van der Waals surface area contributed by atoms with Gasteiger partial charge in [-0.2, -0.15) is 0 Å². The fraction of sp³-hybridized carbons (Fsp3) is 1.00. The standard InChI is InChI=1S/C25H56O5Si3/c1-18(29-32(13,14)24(5,6)7)20(30-33(15,16)25(8,9)10)22-21(28-22)19(26)17-27-31(11,12)23(2,3)4/h18-22,26H,17H2,1-16H3/t18-,19-,20-,21+,22-/m0/s1. The van der Waals surface area contributed by atoms with E-state index in [1.165, 1.54) is 0 Å². The van der Waals surface area contributed by atoms with Crippen molar-refractivity contribution in [2.45, 2.75) is 154 Å². The SMILES string of the molecule is C[C@H](O[Si](C)(C)C(C)(C)C)[C@H](O[Si](C)(C)C(C)(C)C)[C@@H]1O[C@@H]1[C@@H](O)CO[Si](C)(C)C(C)(C)C. The van der Waals surface area contributed by atoms with E-state index in [2.05, 4.69) is 109 Å². The van der Waals surface area contributed by atoms with Crippen molar-refractivity contribution in [3.63, 3.8) is 0 Å². The van der Waals surface area contributed by atoms with E-state index in [9.17, 15) is 5.11 Å². The Morgan fingerprint density at radius 3 is 1.48 bits per heavy atom. The third-order valence-electron chi connectivity index (χ3n) is 8.67. The highest BCUT2D eigenvalue weighted by molar-refractivity contribution is 6.75. The molecule has 0 aromatic rings. The Kier molecular flexibility index (Phi) is 9.61. The summed E-state index contributed by atoms with van der Waals surface area (Å²) in [6.45, 7) is 36.1. The maximum Gasteiger partial charge on any atom is 0.192 e. The van der Waals surface area contributed by atoms with Crippen molar-refractivity contribution < 1.29 is 23.1 Å². The zero-order chi connectivity index (χ0) is 26.4. The molecule has 1 N–H and O–H groups in total. The Labute approximate surface area is 208 Å². The van der Waals surface area contributed by atoms with Crippen LogP contribution in [-0.2, 0) is 18.0 Å². The summed E-state index contributed by atoms with van der Waals surface area (Å²) < 4.78 is 26.0. The molecule has 5 nitrogen and oxygen atoms in total. The normalized spacial score (nSPS) is 23.9. The van der Waals surface area contributed by atoms with Gasteiger partial charge in [-0.05, 0) is 61.3 Å². The fourth-order valence-electron chi connectivity index (χ4n) is 2.97. The fourth-order valence-corrected chi connectivity index (χ4v) is 6.77. The predicted molar refractivity (Wildman–Crippen MR) is 148 cm³/mol. The van der Waals surface area contributed by atoms with Crippen molar-refractivity contribution in [3.05, 3.63) is 0 Å². The molecule has 5 atom stereocenters. The number of aliphatic hydroxyl groups excluding tert-OH is 1. The third-order valence-corrected chi connectivity index (χ3v) is 22.2. The molecule has 198 valence electrons. The highest BCUT2D eigenvalue weighted by atomic mass is 28.4. The molecule has 0 amide bonds. The molecule has 0 unspecified atom stereocenters. The van der Waals surface area contributed by atoms with Gasteiger partial charge in [-0.1, -0.05) is 62.3 Å². The molecule has 1 heterocycles. The largest absolute Gasteiger partial charge is 0.414 e. The van der Waals surface area contributed by atoms with Crippen LogP contribution in [0.4, 0.5) is 0 Å². The van der Waals surface area contributed by atoms with Crippen molar-refractivity contribution in [1.29, 1.82) is 0 Å². The lowest BCUT2D eigenvalue weighted by atomic mass is 10.1. The minimum Gasteiger partial charge on any atom is -0.414 e. The molecule has 0 bridgehead atoms. The number of hydrogen-bond acceptors (Lipinski definition) is 5. The van der Waals surface area contributed by atoms with Crippen LogP contribution < -0.4 is 0 Å². The number of ether oxygens (including phenoxy) is 1. The lowest BCUT2D eigenvalue weighted by Crippen LogP contribution is -2.53. The van der Waals surface area contributed by atoms with Crippen LogP contribution in [0.1, 0.15) is 69.2 Å². The van der Waals surface area contributed by atoms with Gasteiger partial charge in [-0.15, -0.1) is 0 Å². The van der Waals surface area contributed by atoms with Crippen molar-refractivity contribution in [1.82, 2.24) is 0 Å². The zero-order valence-electron chi connectivity index (χ0n) is 24.7. The second kappa shape index (κ2) is 10.1. The predicted octanol–water partition coefficient (Wildman–Crippen LogP) is 6.94. The van der Waals surface area contributed by atoms with E-state index in [1.807, 2.05) is 0 Å². The van der Waals surface area contributed by atoms with Crippen LogP contribution in [0.3, 0.4) is 0 Å². The number of aliphatic hydroxyl groups is 1. The lowest BCUT2D eigenvalue weighted by Gasteiger charge is -2.44. The smallest absolute Gasteiger partial charge is 0.192 e. The molecular weight excluding hydrogens is 465 g/mol. The summed E-state index contributed by atoms with van der Waals surface area (Å²) >= 11 is 0. The Balaban J connectivity index is 3.02. The van der Waals surface area contributed by atoms with E-state index in [1.54, 1.807) is 0 Å². The molecule has 0 saturated carbocycles. The molecule has 8 heteroatoms. The average Bonchev–Trinajstić information content (AvgIpc) is 3.34. The molecule has 33 heavy (non-hydrogen) atoms. The lowest BCUT2D eigenvalue weighted by molar-refractivity contribution is 0.0283. The van der Waals surface area contributed by atoms with Crippen LogP contribution in [0, 0.1) is 0 Å². The number of rotatable bonds is 10. The average molecular weight is 521 g/mol. The van der Waals surface area contributed by atoms with Gasteiger partial charge in [0.1, 0.15) is 18.3 Å². The summed E-state index contributed by atoms with van der Waals surface area (Å²) in [6, 6.07) is 0. The van der Waals surface area contributed by atoms with Crippen molar-refractivity contribution in [3.8, 4) is 0 Å². The quantitative estimate of drug-likeness (QED) is 0.250. The maximum atomic E-state index is 10.9. The van der Waals surface area contributed by atoms with E-state index in [0.717, 1.165) is 0 Å². The number of epoxide rings is 1. The Hall–Kier alpha value is 0.451. The maximum absolute atomic E-state index is 10.9. The van der Waals surface area contributed by atoms with E-state index in [4.69, 9.17) is 18.0 Å². The first-order valence-corrected chi connectivity index (χ1v) is 21.4. The minimum atomic E-state index is -2.06. The van der Waals surface area contributed by atoms with E-state index in [0.29, 0.717) is 6.61 Å². The first-order valence-electron chi connectivity index (χ1n) is 12.7. The molecule has 1 aliphatic heterocycles. The Morgan fingerprint density at radius 1 is 0.697 bits per heavy atom. The van der Waals surface area contributed by atoms with Gasteiger partial charge in [0.15, 0.2) is 25.0 Å². The molecule has 0 radical (unpaired) electrons. The molecule has 0 aliphatic carbocycles. The van der Waals surface area contributed by atoms with Crippen molar-refractivity contribution in [2.24, 2.45) is 0 Å². The van der Waals surface area contributed by atoms with Crippen LogP contribution in [0.15, 0.2) is 0 Å². The van der Waals surface area contributed by atoms with Gasteiger partial charge in [0, 0.05) is 0 Å². The van der Waals surface area contributed by atoms with Crippen LogP contribution in [-0.4, -0.2) is 67.2 Å². The highest BCUT2D eigenvalue weighted by Crippen LogP contribution is 2.44. The van der Waals surface area contributed by atoms with E-state index in [-0.39, 0.29) is 39.5 Å². The molecular formula is C25H56O5Si3. The summed E-state index contributed by atoms with van der Waals surface area (Å²) in [5, 5.41) is 11.2. The van der Waals surface area contributed by atoms with Gasteiger partial charge in [0.2, 0.25) is 0 Å². The monoisotopic (exact) mass is 520 g/mol. The topological polar surface area (TPSA) is 60.5 Å². The molecule has 0 aromatic carbocycles. The van der Waals surface area contributed by atoms with E-state index < -0.39 is 31.1 Å². The minimum absolute atomic E-state index is 0.0798. The Morgan fingerprint density at radius 2 is 1.09 bits per heavy atom. The number of hydrogen-bond donors (Lipinski definition) is 1. The van der Waals surface area contributed by atoms with Gasteiger partial charge in [0.25, 0.3) is 0 Å². The van der Waals surface area contributed by atoms with Gasteiger partial charge in [0.05, 0.1) is 18.8 Å². The van der Waals surface area contributed by atoms with Crippen molar-refractivity contribution in [2.75, 3.05) is 6.61 Å². The van der Waals surface area contributed by atoms with Crippen LogP contribution in [0.5, 0.6) is 0 Å². The molecule has 0 spiro atoms. The second-order valence-corrected chi connectivity index (χ2v) is 29.0.